The van der Waals surface area contributed by atoms with Crippen LogP contribution in [0.1, 0.15) is 11.1 Å². The standard InChI is InChI=1S/C16H8F6O/c1-2-10-3-8-14(15(17,18)19)13(9-10)11-4-6-12(7-5-11)23-16(20,21)22/h1,3-9H. The van der Waals surface area contributed by atoms with E-state index in [2.05, 4.69) is 10.7 Å². The highest BCUT2D eigenvalue weighted by molar-refractivity contribution is 5.70. The Bertz CT molecular complexity index is 735. The van der Waals surface area contributed by atoms with Crippen LogP contribution in [-0.4, -0.2) is 6.36 Å². The number of benzene rings is 2. The summed E-state index contributed by atoms with van der Waals surface area (Å²) in [5.41, 5.74) is -0.847. The Balaban J connectivity index is 2.47. The first-order chi connectivity index (χ1) is 10.6. The van der Waals surface area contributed by atoms with E-state index in [0.717, 1.165) is 42.5 Å². The molecule has 1 nitrogen and oxygen atoms in total. The van der Waals surface area contributed by atoms with E-state index in [1.54, 1.807) is 0 Å². The summed E-state index contributed by atoms with van der Waals surface area (Å²) in [5, 5.41) is 0. The lowest BCUT2D eigenvalue weighted by molar-refractivity contribution is -0.274. The number of terminal acetylenes is 1. The van der Waals surface area contributed by atoms with Gasteiger partial charge in [0.25, 0.3) is 0 Å². The minimum Gasteiger partial charge on any atom is -0.406 e. The van der Waals surface area contributed by atoms with E-state index in [0.29, 0.717) is 0 Å². The first-order valence-corrected chi connectivity index (χ1v) is 6.14. The van der Waals surface area contributed by atoms with Crippen LogP contribution in [0.25, 0.3) is 11.1 Å². The molecule has 0 aliphatic heterocycles. The van der Waals surface area contributed by atoms with Gasteiger partial charge in [0.2, 0.25) is 0 Å². The van der Waals surface area contributed by atoms with Crippen LogP contribution in [0, 0.1) is 12.3 Å². The zero-order valence-electron chi connectivity index (χ0n) is 11.3. The minimum absolute atomic E-state index is 0.0731. The van der Waals surface area contributed by atoms with Gasteiger partial charge in [0.1, 0.15) is 5.75 Å². The third-order valence-electron chi connectivity index (χ3n) is 2.89. The summed E-state index contributed by atoms with van der Waals surface area (Å²) in [6.45, 7) is 0. The van der Waals surface area contributed by atoms with Gasteiger partial charge in [0.05, 0.1) is 5.56 Å². The van der Waals surface area contributed by atoms with Crippen molar-refractivity contribution in [3.63, 3.8) is 0 Å². The second kappa shape index (κ2) is 5.88. The molecular weight excluding hydrogens is 322 g/mol. The second-order valence-corrected chi connectivity index (χ2v) is 4.47. The number of halogens is 6. The van der Waals surface area contributed by atoms with E-state index >= 15 is 0 Å². The summed E-state index contributed by atoms with van der Waals surface area (Å²) in [4.78, 5) is 0. The molecule has 0 aliphatic carbocycles. The molecule has 0 heterocycles. The predicted molar refractivity (Wildman–Crippen MR) is 71.5 cm³/mol. The van der Waals surface area contributed by atoms with Gasteiger partial charge in [0.15, 0.2) is 0 Å². The third kappa shape index (κ3) is 4.19. The number of ether oxygens (including phenoxy) is 1. The van der Waals surface area contributed by atoms with Gasteiger partial charge in [-0.1, -0.05) is 18.1 Å². The molecule has 2 aromatic carbocycles. The van der Waals surface area contributed by atoms with Gasteiger partial charge in [0, 0.05) is 5.56 Å². The number of rotatable bonds is 2. The summed E-state index contributed by atoms with van der Waals surface area (Å²) in [6, 6.07) is 7.22. The largest absolute Gasteiger partial charge is 0.573 e. The zero-order valence-corrected chi connectivity index (χ0v) is 11.3. The quantitative estimate of drug-likeness (QED) is 0.540. The van der Waals surface area contributed by atoms with Crippen molar-refractivity contribution >= 4 is 0 Å². The minimum atomic E-state index is -4.87. The molecule has 0 spiro atoms. The van der Waals surface area contributed by atoms with Crippen molar-refractivity contribution in [2.24, 2.45) is 0 Å². The topological polar surface area (TPSA) is 9.23 Å². The van der Waals surface area contributed by atoms with Crippen LogP contribution in [-0.2, 0) is 6.18 Å². The van der Waals surface area contributed by atoms with E-state index in [-0.39, 0.29) is 16.7 Å². The van der Waals surface area contributed by atoms with E-state index < -0.39 is 23.9 Å². The fourth-order valence-corrected chi connectivity index (χ4v) is 1.96. The Labute approximate surface area is 127 Å². The van der Waals surface area contributed by atoms with Crippen LogP contribution in [0.4, 0.5) is 26.3 Å². The SMILES string of the molecule is C#Cc1ccc(C(F)(F)F)c(-c2ccc(OC(F)(F)F)cc2)c1. The lowest BCUT2D eigenvalue weighted by atomic mass is 9.97. The van der Waals surface area contributed by atoms with Crippen LogP contribution in [0.5, 0.6) is 5.75 Å². The Morgan fingerprint density at radius 1 is 0.870 bits per heavy atom. The molecule has 2 aromatic rings. The van der Waals surface area contributed by atoms with Crippen molar-refractivity contribution in [1.29, 1.82) is 0 Å². The molecule has 0 amide bonds. The molecule has 0 bridgehead atoms. The van der Waals surface area contributed by atoms with Crippen molar-refractivity contribution in [2.45, 2.75) is 12.5 Å². The summed E-state index contributed by atoms with van der Waals surface area (Å²) in [5.74, 6) is 1.69. The first-order valence-electron chi connectivity index (χ1n) is 6.14. The van der Waals surface area contributed by atoms with Gasteiger partial charge >= 0.3 is 12.5 Å². The van der Waals surface area contributed by atoms with Crippen molar-refractivity contribution in [2.75, 3.05) is 0 Å². The van der Waals surface area contributed by atoms with E-state index in [9.17, 15) is 26.3 Å². The Kier molecular flexibility index (Phi) is 4.28. The molecule has 0 saturated heterocycles. The summed E-state index contributed by atoms with van der Waals surface area (Å²) < 4.78 is 79.1. The Morgan fingerprint density at radius 2 is 1.48 bits per heavy atom. The van der Waals surface area contributed by atoms with Crippen LogP contribution >= 0.6 is 0 Å². The molecular formula is C16H8F6O. The Morgan fingerprint density at radius 3 is 1.96 bits per heavy atom. The van der Waals surface area contributed by atoms with E-state index in [1.165, 1.54) is 0 Å². The van der Waals surface area contributed by atoms with Crippen LogP contribution in [0.3, 0.4) is 0 Å². The van der Waals surface area contributed by atoms with Crippen LogP contribution in [0.2, 0.25) is 0 Å². The van der Waals surface area contributed by atoms with Gasteiger partial charge < -0.3 is 4.74 Å². The highest BCUT2D eigenvalue weighted by Crippen LogP contribution is 2.38. The molecule has 23 heavy (non-hydrogen) atoms. The van der Waals surface area contributed by atoms with Crippen LogP contribution < -0.4 is 4.74 Å². The van der Waals surface area contributed by atoms with Gasteiger partial charge in [-0.3, -0.25) is 0 Å². The molecule has 0 saturated carbocycles. The fraction of sp³-hybridized carbons (Fsp3) is 0.125. The highest BCUT2D eigenvalue weighted by atomic mass is 19.4. The smallest absolute Gasteiger partial charge is 0.406 e. The van der Waals surface area contributed by atoms with Crippen molar-refractivity contribution in [3.8, 4) is 29.2 Å². The summed E-state index contributed by atoms with van der Waals surface area (Å²) in [7, 11) is 0. The predicted octanol–water partition coefficient (Wildman–Crippen LogP) is 5.25. The molecule has 0 fully saturated rings. The van der Waals surface area contributed by atoms with E-state index in [1.807, 2.05) is 0 Å². The maximum atomic E-state index is 13.0. The molecule has 0 unspecified atom stereocenters. The third-order valence-corrected chi connectivity index (χ3v) is 2.89. The van der Waals surface area contributed by atoms with Gasteiger partial charge in [-0.15, -0.1) is 19.6 Å². The van der Waals surface area contributed by atoms with Gasteiger partial charge in [-0.2, -0.15) is 13.2 Å². The zero-order chi connectivity index (χ0) is 17.3. The molecule has 2 rings (SSSR count). The number of alkyl halides is 6. The molecule has 0 aliphatic rings. The average molecular weight is 330 g/mol. The monoisotopic (exact) mass is 330 g/mol. The van der Waals surface area contributed by atoms with Gasteiger partial charge in [-0.05, 0) is 41.5 Å². The lowest BCUT2D eigenvalue weighted by Gasteiger charge is -2.14. The summed E-state index contributed by atoms with van der Waals surface area (Å²) >= 11 is 0. The fourth-order valence-electron chi connectivity index (χ4n) is 1.96. The molecule has 0 radical (unpaired) electrons. The summed E-state index contributed by atoms with van der Waals surface area (Å²) in [6.07, 6.45) is -4.32. The average Bonchev–Trinajstić information content (AvgIpc) is 2.45. The number of hydrogen-bond acceptors (Lipinski definition) is 1. The number of hydrogen-bond donors (Lipinski definition) is 0. The van der Waals surface area contributed by atoms with Crippen molar-refractivity contribution in [1.82, 2.24) is 0 Å². The second-order valence-electron chi connectivity index (χ2n) is 4.47. The maximum absolute atomic E-state index is 13.0. The molecule has 0 N–H and O–H groups in total. The molecule has 7 heteroatoms. The molecule has 0 aromatic heterocycles. The highest BCUT2D eigenvalue weighted by Gasteiger charge is 2.34. The van der Waals surface area contributed by atoms with Gasteiger partial charge in [-0.25, -0.2) is 0 Å². The van der Waals surface area contributed by atoms with Crippen molar-refractivity contribution in [3.05, 3.63) is 53.6 Å². The lowest BCUT2D eigenvalue weighted by Crippen LogP contribution is -2.17. The normalized spacial score (nSPS) is 11.9. The first kappa shape index (κ1) is 16.7. The maximum Gasteiger partial charge on any atom is 0.573 e. The van der Waals surface area contributed by atoms with E-state index in [4.69, 9.17) is 6.42 Å². The van der Waals surface area contributed by atoms with Crippen molar-refractivity contribution < 1.29 is 31.1 Å². The van der Waals surface area contributed by atoms with Crippen LogP contribution in [0.15, 0.2) is 42.5 Å². The molecule has 0 atom stereocenters. The molecule has 120 valence electrons. The Hall–Kier alpha value is -2.62.